The van der Waals surface area contributed by atoms with Crippen LogP contribution in [-0.4, -0.2) is 25.0 Å². The first kappa shape index (κ1) is 14.8. The van der Waals surface area contributed by atoms with Crippen molar-refractivity contribution in [2.45, 2.75) is 26.9 Å². The molecule has 0 aliphatic rings. The molecule has 0 unspecified atom stereocenters. The van der Waals surface area contributed by atoms with Gasteiger partial charge in [0, 0.05) is 0 Å². The highest BCUT2D eigenvalue weighted by Gasteiger charge is 2.07. The van der Waals surface area contributed by atoms with E-state index in [-0.39, 0.29) is 6.10 Å². The Hall–Kier alpha value is -2.24. The number of nitrogens with two attached hydrogens (primary N) is 1. The Bertz CT molecular complexity index is 458. The molecule has 0 saturated carbocycles. The molecule has 0 aliphatic carbocycles. The minimum atomic E-state index is -0.707. The summed E-state index contributed by atoms with van der Waals surface area (Å²) < 4.78 is 11.1. The molecule has 1 rings (SSSR count). The number of nitrogens with one attached hydrogen (secondary N) is 1. The number of hydrogen-bond acceptors (Lipinski definition) is 4. The highest BCUT2D eigenvalue weighted by molar-refractivity contribution is 5.82. The molecular weight excluding hydrogens is 246 g/mol. The van der Waals surface area contributed by atoms with Gasteiger partial charge in [-0.1, -0.05) is 0 Å². The molecule has 0 fully saturated rings. The fourth-order valence-electron chi connectivity index (χ4n) is 1.39. The topological polar surface area (TPSA) is 85.9 Å². The lowest BCUT2D eigenvalue weighted by Crippen LogP contribution is -2.24. The summed E-state index contributed by atoms with van der Waals surface area (Å²) in [5.74, 6) is 1.32. The van der Waals surface area contributed by atoms with Crippen LogP contribution in [0.2, 0.25) is 0 Å². The van der Waals surface area contributed by atoms with E-state index in [0.29, 0.717) is 18.1 Å². The fraction of sp³-hybridized carbons (Fsp3) is 0.385. The maximum Gasteiger partial charge on any atom is 0.332 e. The van der Waals surface area contributed by atoms with E-state index in [0.717, 1.165) is 5.56 Å². The first-order valence-electron chi connectivity index (χ1n) is 6.05. The van der Waals surface area contributed by atoms with Crippen molar-refractivity contribution < 1.29 is 14.3 Å². The van der Waals surface area contributed by atoms with Crippen molar-refractivity contribution in [3.63, 3.8) is 0 Å². The number of urea groups is 1. The molecule has 3 N–H and O–H groups in total. The monoisotopic (exact) mass is 265 g/mol. The third kappa shape index (κ3) is 5.29. The summed E-state index contributed by atoms with van der Waals surface area (Å²) in [7, 11) is 0. The van der Waals surface area contributed by atoms with Gasteiger partial charge in [-0.25, -0.2) is 10.2 Å². The molecule has 1 aromatic carbocycles. The predicted molar refractivity (Wildman–Crippen MR) is 73.7 cm³/mol. The molecule has 1 aromatic rings. The second kappa shape index (κ2) is 7.25. The average molecular weight is 265 g/mol. The van der Waals surface area contributed by atoms with Crippen molar-refractivity contribution in [3.8, 4) is 11.5 Å². The van der Waals surface area contributed by atoms with Crippen LogP contribution in [0.4, 0.5) is 4.79 Å². The van der Waals surface area contributed by atoms with Crippen LogP contribution < -0.4 is 20.6 Å². The molecule has 0 heterocycles. The van der Waals surface area contributed by atoms with E-state index in [1.807, 2.05) is 26.8 Å². The van der Waals surface area contributed by atoms with Gasteiger partial charge >= 0.3 is 6.03 Å². The molecule has 0 saturated heterocycles. The molecule has 6 heteroatoms. The van der Waals surface area contributed by atoms with E-state index in [4.69, 9.17) is 15.2 Å². The van der Waals surface area contributed by atoms with Crippen molar-refractivity contribution in [2.24, 2.45) is 10.8 Å². The van der Waals surface area contributed by atoms with E-state index in [1.165, 1.54) is 6.21 Å². The Balaban J connectivity index is 2.88. The smallest absolute Gasteiger partial charge is 0.332 e. The van der Waals surface area contributed by atoms with Crippen molar-refractivity contribution in [3.05, 3.63) is 23.8 Å². The minimum absolute atomic E-state index is 0.0650. The summed E-state index contributed by atoms with van der Waals surface area (Å²) in [6.45, 7) is 6.33. The zero-order valence-electron chi connectivity index (χ0n) is 11.3. The summed E-state index contributed by atoms with van der Waals surface area (Å²) in [5, 5.41) is 3.69. The molecule has 104 valence electrons. The second-order valence-corrected chi connectivity index (χ2v) is 4.04. The number of ether oxygens (including phenoxy) is 2. The Morgan fingerprint density at radius 3 is 2.79 bits per heavy atom. The normalized spacial score (nSPS) is 10.7. The number of benzene rings is 1. The van der Waals surface area contributed by atoms with Crippen LogP contribution in [0.5, 0.6) is 11.5 Å². The molecular formula is C13H19N3O3. The van der Waals surface area contributed by atoms with Gasteiger partial charge < -0.3 is 15.2 Å². The van der Waals surface area contributed by atoms with E-state index >= 15 is 0 Å². The van der Waals surface area contributed by atoms with E-state index < -0.39 is 6.03 Å². The van der Waals surface area contributed by atoms with Crippen molar-refractivity contribution in [1.82, 2.24) is 5.43 Å². The van der Waals surface area contributed by atoms with Crippen LogP contribution in [-0.2, 0) is 0 Å². The van der Waals surface area contributed by atoms with Crippen molar-refractivity contribution >= 4 is 12.2 Å². The third-order valence-electron chi connectivity index (χ3n) is 2.02. The first-order chi connectivity index (χ1) is 9.02. The highest BCUT2D eigenvalue weighted by atomic mass is 16.5. The largest absolute Gasteiger partial charge is 0.490 e. The summed E-state index contributed by atoms with van der Waals surface area (Å²) in [6, 6.07) is 4.69. The summed E-state index contributed by atoms with van der Waals surface area (Å²) in [6.07, 6.45) is 1.54. The van der Waals surface area contributed by atoms with Gasteiger partial charge in [-0.3, -0.25) is 0 Å². The number of primary amides is 1. The Labute approximate surface area is 112 Å². The van der Waals surface area contributed by atoms with Gasteiger partial charge in [0.25, 0.3) is 0 Å². The van der Waals surface area contributed by atoms with E-state index in [1.54, 1.807) is 12.1 Å². The van der Waals surface area contributed by atoms with Crippen LogP contribution in [0.1, 0.15) is 26.3 Å². The van der Waals surface area contributed by atoms with E-state index in [2.05, 4.69) is 10.5 Å². The van der Waals surface area contributed by atoms with Gasteiger partial charge in [-0.05, 0) is 44.5 Å². The number of rotatable bonds is 6. The van der Waals surface area contributed by atoms with Gasteiger partial charge in [0.05, 0.1) is 18.9 Å². The van der Waals surface area contributed by atoms with Crippen LogP contribution in [0, 0.1) is 0 Å². The van der Waals surface area contributed by atoms with Gasteiger partial charge in [-0.2, -0.15) is 5.10 Å². The van der Waals surface area contributed by atoms with Gasteiger partial charge in [0.2, 0.25) is 0 Å². The summed E-state index contributed by atoms with van der Waals surface area (Å²) in [4.78, 5) is 10.5. The molecule has 0 radical (unpaired) electrons. The van der Waals surface area contributed by atoms with Crippen LogP contribution in [0.3, 0.4) is 0 Å². The molecule has 0 spiro atoms. The number of carbonyl (C=O) groups excluding carboxylic acids is 1. The highest BCUT2D eigenvalue weighted by Crippen LogP contribution is 2.28. The van der Waals surface area contributed by atoms with Gasteiger partial charge in [0.15, 0.2) is 11.5 Å². The third-order valence-corrected chi connectivity index (χ3v) is 2.02. The molecule has 0 aromatic heterocycles. The summed E-state index contributed by atoms with van der Waals surface area (Å²) >= 11 is 0. The van der Waals surface area contributed by atoms with Crippen LogP contribution >= 0.6 is 0 Å². The predicted octanol–water partition coefficient (Wildman–Crippen LogP) is 1.87. The lowest BCUT2D eigenvalue weighted by molar-refractivity contribution is 0.224. The quantitative estimate of drug-likeness (QED) is 0.608. The number of amides is 2. The van der Waals surface area contributed by atoms with Crippen molar-refractivity contribution in [1.29, 1.82) is 0 Å². The molecule has 0 bridgehead atoms. The fourth-order valence-corrected chi connectivity index (χ4v) is 1.39. The minimum Gasteiger partial charge on any atom is -0.490 e. The molecule has 2 amide bonds. The number of hydrogen-bond donors (Lipinski definition) is 2. The number of nitrogens with zero attached hydrogens (tertiary/aromatic N) is 1. The number of hydrazone groups is 1. The zero-order valence-corrected chi connectivity index (χ0v) is 11.3. The molecule has 0 atom stereocenters. The van der Waals surface area contributed by atoms with E-state index in [9.17, 15) is 4.79 Å². The molecule has 0 aliphatic heterocycles. The number of carbonyl (C=O) groups is 1. The van der Waals surface area contributed by atoms with Gasteiger partial charge in [-0.15, -0.1) is 0 Å². The standard InChI is InChI=1S/C13H19N3O3/c1-4-18-12-7-10(8-15-16-13(14)17)5-6-11(12)19-9(2)3/h5-9H,4H2,1-3H3,(H3,14,16,17). The maximum atomic E-state index is 10.5. The Morgan fingerprint density at radius 1 is 1.47 bits per heavy atom. The van der Waals surface area contributed by atoms with Gasteiger partial charge in [0.1, 0.15) is 0 Å². The molecule has 19 heavy (non-hydrogen) atoms. The lowest BCUT2D eigenvalue weighted by atomic mass is 10.2. The molecule has 6 nitrogen and oxygen atoms in total. The second-order valence-electron chi connectivity index (χ2n) is 4.04. The summed E-state index contributed by atoms with van der Waals surface area (Å²) in [5.41, 5.74) is 7.80. The van der Waals surface area contributed by atoms with Crippen LogP contribution in [0.15, 0.2) is 23.3 Å². The lowest BCUT2D eigenvalue weighted by Gasteiger charge is -2.14. The first-order valence-corrected chi connectivity index (χ1v) is 6.05. The Kier molecular flexibility index (Phi) is 5.66. The van der Waals surface area contributed by atoms with Crippen molar-refractivity contribution in [2.75, 3.05) is 6.61 Å². The maximum absolute atomic E-state index is 10.5. The van der Waals surface area contributed by atoms with Crippen LogP contribution in [0.25, 0.3) is 0 Å². The average Bonchev–Trinajstić information content (AvgIpc) is 2.31. The Morgan fingerprint density at radius 2 is 2.21 bits per heavy atom. The zero-order chi connectivity index (χ0) is 14.3. The SMILES string of the molecule is CCOc1cc(C=NNC(N)=O)ccc1OC(C)C.